The average Bonchev–Trinajstić information content (AvgIpc) is 3.51. The van der Waals surface area contributed by atoms with Crippen molar-refractivity contribution in [2.75, 3.05) is 20.3 Å². The van der Waals surface area contributed by atoms with E-state index in [-0.39, 0.29) is 25.5 Å². The summed E-state index contributed by atoms with van der Waals surface area (Å²) in [4.78, 5) is 40.6. The Morgan fingerprint density at radius 3 is 2.53 bits per heavy atom. The molecule has 3 amide bonds. The number of primary amides is 1. The van der Waals surface area contributed by atoms with Crippen molar-refractivity contribution < 1.29 is 23.9 Å². The third-order valence-corrected chi connectivity index (χ3v) is 7.81. The summed E-state index contributed by atoms with van der Waals surface area (Å²) in [6, 6.07) is 6.31. The number of ether oxygens (including phenoxy) is 2. The summed E-state index contributed by atoms with van der Waals surface area (Å²) in [7, 11) is 1.58. The third kappa shape index (κ3) is 5.71. The van der Waals surface area contributed by atoms with Gasteiger partial charge in [-0.1, -0.05) is 57.9 Å². The van der Waals surface area contributed by atoms with Crippen LogP contribution in [0.4, 0.5) is 4.79 Å². The fraction of sp³-hybridized carbons (Fsp3) is 0.533. The zero-order valence-electron chi connectivity index (χ0n) is 22.8. The van der Waals surface area contributed by atoms with Gasteiger partial charge in [0.05, 0.1) is 13.2 Å². The van der Waals surface area contributed by atoms with Crippen LogP contribution in [-0.4, -0.2) is 55.2 Å². The largest absolute Gasteiger partial charge is 0.450 e. The van der Waals surface area contributed by atoms with Gasteiger partial charge in [0, 0.05) is 19.1 Å². The Bertz CT molecular complexity index is 1170. The van der Waals surface area contributed by atoms with Crippen LogP contribution in [0.5, 0.6) is 0 Å². The van der Waals surface area contributed by atoms with Crippen LogP contribution in [0.3, 0.4) is 0 Å². The van der Waals surface area contributed by atoms with E-state index in [1.807, 2.05) is 39.0 Å². The van der Waals surface area contributed by atoms with Crippen molar-refractivity contribution in [2.45, 2.75) is 77.0 Å². The van der Waals surface area contributed by atoms with Crippen molar-refractivity contribution in [1.82, 2.24) is 10.2 Å². The first kappa shape index (κ1) is 27.7. The molecule has 8 nitrogen and oxygen atoms in total. The fourth-order valence-corrected chi connectivity index (χ4v) is 5.56. The first-order chi connectivity index (χ1) is 18.1. The second kappa shape index (κ2) is 11.2. The maximum absolute atomic E-state index is 13.9. The van der Waals surface area contributed by atoms with Gasteiger partial charge in [0.25, 0.3) is 0 Å². The van der Waals surface area contributed by atoms with Crippen LogP contribution in [0.15, 0.2) is 47.7 Å². The number of amides is 3. The lowest BCUT2D eigenvalue weighted by atomic mass is 9.85. The lowest BCUT2D eigenvalue weighted by molar-refractivity contribution is -0.141. The highest BCUT2D eigenvalue weighted by atomic mass is 16.5. The predicted octanol–water partition coefficient (Wildman–Crippen LogP) is 4.20. The fourth-order valence-electron chi connectivity index (χ4n) is 5.56. The van der Waals surface area contributed by atoms with Gasteiger partial charge in [-0.2, -0.15) is 0 Å². The topological polar surface area (TPSA) is 111 Å². The van der Waals surface area contributed by atoms with Crippen molar-refractivity contribution in [3.8, 4) is 0 Å². The van der Waals surface area contributed by atoms with E-state index in [0.29, 0.717) is 0 Å². The van der Waals surface area contributed by atoms with Crippen LogP contribution in [0.1, 0.15) is 70.4 Å². The molecule has 1 saturated heterocycles. The maximum Gasteiger partial charge on any atom is 0.407 e. The molecule has 1 aromatic rings. The van der Waals surface area contributed by atoms with Crippen molar-refractivity contribution in [3.63, 3.8) is 0 Å². The molecule has 0 unspecified atom stereocenters. The number of alkyl carbamates (subject to hydrolysis) is 1. The molecule has 0 saturated carbocycles. The molecule has 5 rings (SSSR count). The molecular formula is C30H39N3O5. The van der Waals surface area contributed by atoms with Gasteiger partial charge in [-0.25, -0.2) is 4.79 Å². The Balaban J connectivity index is 1.71. The van der Waals surface area contributed by atoms with E-state index in [1.54, 1.807) is 7.11 Å². The van der Waals surface area contributed by atoms with E-state index in [0.717, 1.165) is 48.8 Å². The number of hydrogen-bond donors (Lipinski definition) is 2. The molecule has 8 heteroatoms. The number of benzene rings is 1. The number of nitrogens with two attached hydrogens (primary N) is 1. The molecule has 3 aliphatic heterocycles. The minimum atomic E-state index is -0.918. The van der Waals surface area contributed by atoms with E-state index >= 15 is 0 Å². The Morgan fingerprint density at radius 1 is 1.16 bits per heavy atom. The van der Waals surface area contributed by atoms with Crippen molar-refractivity contribution >= 4 is 23.5 Å². The Morgan fingerprint density at radius 2 is 1.87 bits per heavy atom. The summed E-state index contributed by atoms with van der Waals surface area (Å²) in [5, 5.41) is 2.76. The summed E-state index contributed by atoms with van der Waals surface area (Å²) < 4.78 is 11.4. The number of hydrogen-bond acceptors (Lipinski definition) is 5. The summed E-state index contributed by atoms with van der Waals surface area (Å²) in [6.45, 7) is 5.99. The van der Waals surface area contributed by atoms with E-state index < -0.39 is 35.1 Å². The Kier molecular flexibility index (Phi) is 8.14. The smallest absolute Gasteiger partial charge is 0.407 e. The zero-order valence-corrected chi connectivity index (χ0v) is 22.8. The lowest BCUT2D eigenvalue weighted by Gasteiger charge is -2.35. The number of carbonyl (C=O) groups is 3. The molecule has 3 atom stereocenters. The quantitative estimate of drug-likeness (QED) is 0.567. The van der Waals surface area contributed by atoms with Gasteiger partial charge in [0.1, 0.15) is 17.7 Å². The number of nitrogens with one attached hydrogen (secondary N) is 1. The van der Waals surface area contributed by atoms with Crippen molar-refractivity contribution in [1.29, 1.82) is 0 Å². The molecule has 1 aliphatic carbocycles. The first-order valence-electron chi connectivity index (χ1n) is 13.4. The molecule has 1 fully saturated rings. The van der Waals surface area contributed by atoms with Crippen LogP contribution in [0.2, 0.25) is 0 Å². The van der Waals surface area contributed by atoms with Crippen LogP contribution >= 0.6 is 0 Å². The molecule has 204 valence electrons. The summed E-state index contributed by atoms with van der Waals surface area (Å²) >= 11 is 0. The summed E-state index contributed by atoms with van der Waals surface area (Å²) in [5.41, 5.74) is 11.9. The minimum absolute atomic E-state index is 0.133. The van der Waals surface area contributed by atoms with E-state index in [4.69, 9.17) is 15.2 Å². The minimum Gasteiger partial charge on any atom is -0.450 e. The Labute approximate surface area is 224 Å². The summed E-state index contributed by atoms with van der Waals surface area (Å²) in [6.07, 6.45) is 8.27. The lowest BCUT2D eigenvalue weighted by Crippen LogP contribution is -2.57. The molecule has 1 aromatic carbocycles. The average molecular weight is 522 g/mol. The number of allylic oxidation sites excluding steroid dienone is 3. The van der Waals surface area contributed by atoms with Crippen LogP contribution in [0, 0.1) is 5.41 Å². The molecule has 0 aromatic heterocycles. The van der Waals surface area contributed by atoms with Gasteiger partial charge >= 0.3 is 6.09 Å². The molecule has 4 bridgehead atoms. The highest BCUT2D eigenvalue weighted by Crippen LogP contribution is 2.41. The molecule has 4 aliphatic rings. The number of carbonyl (C=O) groups excluding carboxylic acids is 3. The number of rotatable bonds is 2. The standard InChI is InChI=1S/C30H39N3O5/c1-29(2,3)25-27(35)33-19-30(37-4,18-24(33)26(31)34)22-15-13-21(14-16-22)23-12-9-11-20(23)10-7-5-6-8-17-38-28(36)32-25/h9,12-16,24-25H,5-8,10,17-19H2,1-4H3,(H2,31,34)(H,32,36)/t24-,25+,30-/m0/s1. The number of methoxy groups -OCH3 is 1. The highest BCUT2D eigenvalue weighted by molar-refractivity contribution is 5.92. The molecule has 3 N–H and O–H groups in total. The molecule has 38 heavy (non-hydrogen) atoms. The maximum atomic E-state index is 13.9. The number of fused-ring (bicyclic) bond motifs is 12. The Hall–Kier alpha value is -3.35. The van der Waals surface area contributed by atoms with Gasteiger partial charge in [0.2, 0.25) is 11.8 Å². The molecular weight excluding hydrogens is 482 g/mol. The van der Waals surface area contributed by atoms with Gasteiger partial charge < -0.3 is 25.4 Å². The second-order valence-electron chi connectivity index (χ2n) is 11.5. The monoisotopic (exact) mass is 521 g/mol. The van der Waals surface area contributed by atoms with Gasteiger partial charge in [-0.3, -0.25) is 9.59 Å². The third-order valence-electron chi connectivity index (χ3n) is 7.81. The molecule has 0 radical (unpaired) electrons. The van der Waals surface area contributed by atoms with E-state index in [9.17, 15) is 14.4 Å². The van der Waals surface area contributed by atoms with Gasteiger partial charge in [-0.05, 0) is 53.5 Å². The number of nitrogens with zero attached hydrogens (tertiary/aromatic N) is 1. The zero-order chi connectivity index (χ0) is 27.5. The van der Waals surface area contributed by atoms with E-state index in [1.165, 1.54) is 10.5 Å². The summed E-state index contributed by atoms with van der Waals surface area (Å²) in [5.74, 6) is -1.00. The SMILES string of the molecule is CO[C@@]12C[C@@H](C(N)=O)N(C1)C(=O)[C@H](C(C)(C)C)NC(=O)OCCCCCCC1=C=CC=C1c1ccc2cc1. The molecule has 0 spiro atoms. The van der Waals surface area contributed by atoms with Crippen molar-refractivity contribution in [3.05, 3.63) is 58.8 Å². The van der Waals surface area contributed by atoms with Gasteiger partial charge in [0.15, 0.2) is 0 Å². The van der Waals surface area contributed by atoms with Crippen LogP contribution < -0.4 is 11.1 Å². The van der Waals surface area contributed by atoms with Crippen molar-refractivity contribution in [2.24, 2.45) is 11.1 Å². The predicted molar refractivity (Wildman–Crippen MR) is 145 cm³/mol. The first-order valence-corrected chi connectivity index (χ1v) is 13.4. The van der Waals surface area contributed by atoms with E-state index in [2.05, 4.69) is 29.3 Å². The van der Waals surface area contributed by atoms with Gasteiger partial charge in [-0.15, -0.1) is 5.73 Å². The second-order valence-corrected chi connectivity index (χ2v) is 11.5. The normalized spacial score (nSPS) is 26.8. The van der Waals surface area contributed by atoms with Crippen LogP contribution in [0.25, 0.3) is 5.57 Å². The highest BCUT2D eigenvalue weighted by Gasteiger charge is 2.52. The molecule has 3 heterocycles. The van der Waals surface area contributed by atoms with Crippen LogP contribution in [-0.2, 0) is 24.7 Å².